The fraction of sp³-hybridized carbons (Fsp3) is 0.643. The molecule has 0 amide bonds. The summed E-state index contributed by atoms with van der Waals surface area (Å²) in [5.74, 6) is 0.372. The lowest BCUT2D eigenvalue weighted by molar-refractivity contribution is -0.138. The van der Waals surface area contributed by atoms with E-state index in [1.165, 1.54) is 13.3 Å². The quantitative estimate of drug-likeness (QED) is 0.900. The van der Waals surface area contributed by atoms with E-state index < -0.39 is 5.97 Å². The average molecular weight is 314 g/mol. The molecule has 0 aliphatic carbocycles. The van der Waals surface area contributed by atoms with Gasteiger partial charge in [-0.25, -0.2) is 4.98 Å². The maximum absolute atomic E-state index is 10.9. The van der Waals surface area contributed by atoms with Crippen molar-refractivity contribution >= 4 is 23.4 Å². The van der Waals surface area contributed by atoms with Crippen LogP contribution in [0.3, 0.4) is 0 Å². The number of ether oxygens (including phenoxy) is 1. The molecule has 1 aromatic heterocycles. The summed E-state index contributed by atoms with van der Waals surface area (Å²) in [5.41, 5.74) is 0. The third-order valence-electron chi connectivity index (χ3n) is 3.94. The second-order valence-electron chi connectivity index (χ2n) is 5.45. The van der Waals surface area contributed by atoms with Gasteiger partial charge in [-0.15, -0.1) is 0 Å². The number of aromatic nitrogens is 2. The predicted molar refractivity (Wildman–Crippen MR) is 79.9 cm³/mol. The van der Waals surface area contributed by atoms with Gasteiger partial charge in [0, 0.05) is 19.5 Å². The van der Waals surface area contributed by atoms with E-state index >= 15 is 0 Å². The second-order valence-corrected chi connectivity index (χ2v) is 5.86. The third kappa shape index (κ3) is 3.97. The lowest BCUT2D eigenvalue weighted by Gasteiger charge is -2.36. The van der Waals surface area contributed by atoms with Crippen molar-refractivity contribution in [1.82, 2.24) is 9.97 Å². The van der Waals surface area contributed by atoms with E-state index in [-0.39, 0.29) is 18.3 Å². The van der Waals surface area contributed by atoms with E-state index in [1.54, 1.807) is 0 Å². The van der Waals surface area contributed by atoms with Crippen LogP contribution in [0.25, 0.3) is 0 Å². The Kier molecular flexibility index (Phi) is 5.22. The Balaban J connectivity index is 2.12. The van der Waals surface area contributed by atoms with Crippen molar-refractivity contribution in [2.45, 2.75) is 26.2 Å². The Labute approximate surface area is 129 Å². The Morgan fingerprint density at radius 1 is 1.67 bits per heavy atom. The highest BCUT2D eigenvalue weighted by Crippen LogP contribution is 2.32. The Bertz CT molecular complexity index is 512. The van der Waals surface area contributed by atoms with E-state index in [0.717, 1.165) is 25.9 Å². The molecule has 1 N–H and O–H groups in total. The van der Waals surface area contributed by atoms with Gasteiger partial charge in [-0.3, -0.25) is 4.79 Å². The van der Waals surface area contributed by atoms with Crippen LogP contribution in [0.15, 0.2) is 6.20 Å². The molecule has 6 nitrogen and oxygen atoms in total. The summed E-state index contributed by atoms with van der Waals surface area (Å²) in [7, 11) is 1.51. The molecule has 2 atom stereocenters. The molecule has 0 aromatic carbocycles. The van der Waals surface area contributed by atoms with Crippen LogP contribution >= 0.6 is 11.6 Å². The number of nitrogens with zero attached hydrogens (tertiary/aromatic N) is 3. The average Bonchev–Trinajstić information content (AvgIpc) is 2.47. The summed E-state index contributed by atoms with van der Waals surface area (Å²) >= 11 is 6.18. The number of hydrogen-bond donors (Lipinski definition) is 1. The van der Waals surface area contributed by atoms with Gasteiger partial charge in [0.15, 0.2) is 5.82 Å². The number of methoxy groups -OCH3 is 1. The molecular formula is C14H20ClN3O3. The summed E-state index contributed by atoms with van der Waals surface area (Å²) < 4.78 is 5.04. The van der Waals surface area contributed by atoms with Crippen LogP contribution in [0, 0.1) is 11.8 Å². The second kappa shape index (κ2) is 6.93. The maximum atomic E-state index is 10.9. The van der Waals surface area contributed by atoms with Crippen LogP contribution < -0.4 is 9.64 Å². The number of rotatable bonds is 5. The summed E-state index contributed by atoms with van der Waals surface area (Å²) in [6.07, 6.45) is 3.76. The molecule has 2 rings (SSSR count). The number of halogens is 1. The number of hydrogen-bond acceptors (Lipinski definition) is 5. The van der Waals surface area contributed by atoms with Crippen molar-refractivity contribution in [1.29, 1.82) is 0 Å². The molecule has 2 heterocycles. The van der Waals surface area contributed by atoms with E-state index in [2.05, 4.69) is 14.9 Å². The molecule has 1 saturated heterocycles. The summed E-state index contributed by atoms with van der Waals surface area (Å²) in [5, 5.41) is 9.43. The van der Waals surface area contributed by atoms with Gasteiger partial charge in [0.1, 0.15) is 5.02 Å². The zero-order chi connectivity index (χ0) is 15.4. The molecule has 7 heteroatoms. The molecule has 1 aliphatic rings. The first-order valence-electron chi connectivity index (χ1n) is 7.04. The van der Waals surface area contributed by atoms with Gasteiger partial charge in [0.05, 0.1) is 13.3 Å². The van der Waals surface area contributed by atoms with E-state index in [4.69, 9.17) is 21.4 Å². The summed E-state index contributed by atoms with van der Waals surface area (Å²) in [6.45, 7) is 3.61. The van der Waals surface area contributed by atoms with Gasteiger partial charge >= 0.3 is 12.0 Å². The Hall–Kier alpha value is -1.56. The van der Waals surface area contributed by atoms with Crippen molar-refractivity contribution in [2.75, 3.05) is 25.1 Å². The standard InChI is InChI=1S/C14H20ClN3O3/c1-9(6-12(19)20)10-4-3-5-18(8-10)13-11(15)7-16-14(17-13)21-2/h7,9-10H,3-6,8H2,1-2H3,(H,19,20). The molecular weight excluding hydrogens is 294 g/mol. The van der Waals surface area contributed by atoms with Gasteiger partial charge in [0.25, 0.3) is 0 Å². The molecule has 1 aromatic rings. The topological polar surface area (TPSA) is 75.5 Å². The number of anilines is 1. The number of carbonyl (C=O) groups is 1. The Morgan fingerprint density at radius 2 is 2.43 bits per heavy atom. The van der Waals surface area contributed by atoms with Gasteiger partial charge in [-0.2, -0.15) is 4.98 Å². The molecule has 0 spiro atoms. The molecule has 0 saturated carbocycles. The van der Waals surface area contributed by atoms with Gasteiger partial charge < -0.3 is 14.7 Å². The van der Waals surface area contributed by atoms with Gasteiger partial charge in [-0.1, -0.05) is 18.5 Å². The fourth-order valence-corrected chi connectivity index (χ4v) is 2.98. The lowest BCUT2D eigenvalue weighted by atomic mass is 9.84. The van der Waals surface area contributed by atoms with Crippen molar-refractivity contribution in [2.24, 2.45) is 11.8 Å². The van der Waals surface area contributed by atoms with Crippen molar-refractivity contribution in [3.8, 4) is 6.01 Å². The number of carboxylic acids is 1. The van der Waals surface area contributed by atoms with Crippen LogP contribution in [-0.2, 0) is 4.79 Å². The van der Waals surface area contributed by atoms with Crippen LogP contribution in [0.4, 0.5) is 5.82 Å². The zero-order valence-corrected chi connectivity index (χ0v) is 13.0. The molecule has 1 fully saturated rings. The van der Waals surface area contributed by atoms with E-state index in [9.17, 15) is 4.79 Å². The predicted octanol–water partition coefficient (Wildman–Crippen LogP) is 2.47. The number of aliphatic carboxylic acids is 1. The van der Waals surface area contributed by atoms with Crippen LogP contribution in [0.1, 0.15) is 26.2 Å². The fourth-order valence-electron chi connectivity index (χ4n) is 2.77. The minimum atomic E-state index is -0.749. The minimum Gasteiger partial charge on any atom is -0.481 e. The third-order valence-corrected chi connectivity index (χ3v) is 4.21. The van der Waals surface area contributed by atoms with E-state index in [1.807, 2.05) is 6.92 Å². The first-order valence-corrected chi connectivity index (χ1v) is 7.42. The summed E-state index contributed by atoms with van der Waals surface area (Å²) in [4.78, 5) is 21.3. The highest BCUT2D eigenvalue weighted by molar-refractivity contribution is 6.32. The van der Waals surface area contributed by atoms with Gasteiger partial charge in [-0.05, 0) is 24.7 Å². The summed E-state index contributed by atoms with van der Waals surface area (Å²) in [6, 6.07) is 0.287. The molecule has 0 radical (unpaired) electrons. The van der Waals surface area contributed by atoms with Crippen molar-refractivity contribution in [3.05, 3.63) is 11.2 Å². The normalized spacial score (nSPS) is 20.1. The SMILES string of the molecule is COc1ncc(Cl)c(N2CCCC(C(C)CC(=O)O)C2)n1. The van der Waals surface area contributed by atoms with Crippen LogP contribution in [0.2, 0.25) is 5.02 Å². The highest BCUT2D eigenvalue weighted by Gasteiger charge is 2.28. The zero-order valence-electron chi connectivity index (χ0n) is 12.3. The van der Waals surface area contributed by atoms with Gasteiger partial charge in [0.2, 0.25) is 0 Å². The van der Waals surface area contributed by atoms with Crippen LogP contribution in [0.5, 0.6) is 6.01 Å². The molecule has 116 valence electrons. The minimum absolute atomic E-state index is 0.132. The van der Waals surface area contributed by atoms with Crippen LogP contribution in [-0.4, -0.2) is 41.2 Å². The molecule has 0 bridgehead atoms. The molecule has 2 unspecified atom stereocenters. The first kappa shape index (κ1) is 15.8. The number of piperidine rings is 1. The molecule has 1 aliphatic heterocycles. The largest absolute Gasteiger partial charge is 0.481 e. The highest BCUT2D eigenvalue weighted by atomic mass is 35.5. The van der Waals surface area contributed by atoms with Crippen molar-refractivity contribution < 1.29 is 14.6 Å². The number of carboxylic acid groups (broad SMARTS) is 1. The first-order chi connectivity index (χ1) is 10.0. The lowest BCUT2D eigenvalue weighted by Crippen LogP contribution is -2.39. The molecule has 21 heavy (non-hydrogen) atoms. The van der Waals surface area contributed by atoms with Crippen molar-refractivity contribution in [3.63, 3.8) is 0 Å². The van der Waals surface area contributed by atoms with E-state index in [0.29, 0.717) is 16.8 Å². The smallest absolute Gasteiger partial charge is 0.318 e. The Morgan fingerprint density at radius 3 is 3.10 bits per heavy atom. The monoisotopic (exact) mass is 313 g/mol. The maximum Gasteiger partial charge on any atom is 0.318 e.